The molecular formula is C14H27NO2. The lowest BCUT2D eigenvalue weighted by Gasteiger charge is -2.29. The number of hydrogen-bond donors (Lipinski definition) is 1. The van der Waals surface area contributed by atoms with Crippen LogP contribution < -0.4 is 0 Å². The van der Waals surface area contributed by atoms with Crippen LogP contribution in [-0.2, 0) is 4.79 Å². The Morgan fingerprint density at radius 3 is 2.24 bits per heavy atom. The summed E-state index contributed by atoms with van der Waals surface area (Å²) in [5.41, 5.74) is -0.598. The predicted molar refractivity (Wildman–Crippen MR) is 70.2 cm³/mol. The Bertz CT molecular complexity index is 243. The number of rotatable bonds is 5. The highest BCUT2D eigenvalue weighted by atomic mass is 16.4. The highest BCUT2D eigenvalue weighted by Crippen LogP contribution is 2.24. The summed E-state index contributed by atoms with van der Waals surface area (Å²) in [6, 6.07) is 0.669. The summed E-state index contributed by atoms with van der Waals surface area (Å²) in [4.78, 5) is 13.4. The van der Waals surface area contributed by atoms with Crippen LogP contribution in [0.4, 0.5) is 0 Å². The molecule has 0 aromatic carbocycles. The van der Waals surface area contributed by atoms with E-state index < -0.39 is 11.4 Å². The van der Waals surface area contributed by atoms with Crippen LogP contribution in [0.1, 0.15) is 58.8 Å². The average molecular weight is 241 g/mol. The number of carboxylic acid groups (broad SMARTS) is 1. The number of nitrogens with zero attached hydrogens (tertiary/aromatic N) is 1. The number of hydrogen-bond acceptors (Lipinski definition) is 2. The summed E-state index contributed by atoms with van der Waals surface area (Å²) in [5, 5.41) is 9.09. The minimum absolute atomic E-state index is 0.598. The lowest BCUT2D eigenvalue weighted by molar-refractivity contribution is -0.147. The van der Waals surface area contributed by atoms with Gasteiger partial charge in [-0.25, -0.2) is 0 Å². The van der Waals surface area contributed by atoms with Crippen molar-refractivity contribution < 1.29 is 9.90 Å². The van der Waals surface area contributed by atoms with Crippen LogP contribution in [0.15, 0.2) is 0 Å². The third-order valence-electron chi connectivity index (χ3n) is 4.12. The molecule has 0 aliphatic heterocycles. The van der Waals surface area contributed by atoms with Crippen molar-refractivity contribution >= 4 is 5.97 Å². The molecule has 1 aliphatic rings. The van der Waals surface area contributed by atoms with Crippen molar-refractivity contribution in [1.29, 1.82) is 0 Å². The zero-order valence-electron chi connectivity index (χ0n) is 11.5. The Balaban J connectivity index is 2.37. The maximum Gasteiger partial charge on any atom is 0.309 e. The third-order valence-corrected chi connectivity index (χ3v) is 4.12. The van der Waals surface area contributed by atoms with Crippen molar-refractivity contribution in [3.8, 4) is 0 Å². The molecule has 0 bridgehead atoms. The van der Waals surface area contributed by atoms with Crippen LogP contribution >= 0.6 is 0 Å². The second kappa shape index (κ2) is 6.39. The third kappa shape index (κ3) is 4.66. The molecule has 3 nitrogen and oxygen atoms in total. The molecule has 1 rings (SSSR count). The van der Waals surface area contributed by atoms with Crippen molar-refractivity contribution in [2.75, 3.05) is 13.6 Å². The van der Waals surface area contributed by atoms with E-state index in [1.165, 1.54) is 38.5 Å². The lowest BCUT2D eigenvalue weighted by atomic mass is 9.89. The molecule has 0 radical (unpaired) electrons. The van der Waals surface area contributed by atoms with Gasteiger partial charge in [-0.1, -0.05) is 25.7 Å². The first kappa shape index (κ1) is 14.5. The van der Waals surface area contributed by atoms with Gasteiger partial charge in [-0.05, 0) is 46.7 Å². The largest absolute Gasteiger partial charge is 0.481 e. The molecule has 17 heavy (non-hydrogen) atoms. The number of carbonyl (C=O) groups is 1. The molecule has 1 aliphatic carbocycles. The van der Waals surface area contributed by atoms with Crippen molar-refractivity contribution in [1.82, 2.24) is 4.90 Å². The van der Waals surface area contributed by atoms with E-state index in [0.717, 1.165) is 13.0 Å². The molecule has 0 saturated heterocycles. The smallest absolute Gasteiger partial charge is 0.309 e. The molecule has 1 N–H and O–H groups in total. The summed E-state index contributed by atoms with van der Waals surface area (Å²) >= 11 is 0. The van der Waals surface area contributed by atoms with Gasteiger partial charge < -0.3 is 10.0 Å². The van der Waals surface area contributed by atoms with Crippen molar-refractivity contribution in [2.24, 2.45) is 5.41 Å². The maximum absolute atomic E-state index is 11.0. The van der Waals surface area contributed by atoms with E-state index in [1.54, 1.807) is 0 Å². The Labute approximate surface area is 105 Å². The molecule has 0 spiro atoms. The van der Waals surface area contributed by atoms with Crippen molar-refractivity contribution in [2.45, 2.75) is 64.8 Å². The molecule has 0 aromatic heterocycles. The molecule has 0 atom stereocenters. The molecule has 1 saturated carbocycles. The molecule has 1 fully saturated rings. The molecule has 3 heteroatoms. The second-order valence-corrected chi connectivity index (χ2v) is 6.07. The Hall–Kier alpha value is -0.570. The fraction of sp³-hybridized carbons (Fsp3) is 0.929. The van der Waals surface area contributed by atoms with E-state index in [2.05, 4.69) is 11.9 Å². The van der Waals surface area contributed by atoms with E-state index in [-0.39, 0.29) is 0 Å². The van der Waals surface area contributed by atoms with Crippen LogP contribution in [0.3, 0.4) is 0 Å². The topological polar surface area (TPSA) is 40.5 Å². The minimum atomic E-state index is -0.688. The van der Waals surface area contributed by atoms with E-state index in [0.29, 0.717) is 6.04 Å². The zero-order chi connectivity index (χ0) is 12.9. The van der Waals surface area contributed by atoms with E-state index in [4.69, 9.17) is 5.11 Å². The first-order valence-electron chi connectivity index (χ1n) is 6.87. The molecule has 100 valence electrons. The normalized spacial score (nSPS) is 19.3. The first-order valence-corrected chi connectivity index (χ1v) is 6.87. The Kier molecular flexibility index (Phi) is 5.44. The van der Waals surface area contributed by atoms with Crippen LogP contribution in [0.5, 0.6) is 0 Å². The average Bonchev–Trinajstić information content (AvgIpc) is 2.54. The summed E-state index contributed by atoms with van der Waals surface area (Å²) in [5.74, 6) is -0.688. The van der Waals surface area contributed by atoms with Gasteiger partial charge in [-0.3, -0.25) is 4.79 Å². The van der Waals surface area contributed by atoms with Gasteiger partial charge in [0.1, 0.15) is 0 Å². The van der Waals surface area contributed by atoms with Gasteiger partial charge in [0.25, 0.3) is 0 Å². The Morgan fingerprint density at radius 1 is 1.24 bits per heavy atom. The van der Waals surface area contributed by atoms with Gasteiger partial charge in [0.05, 0.1) is 5.41 Å². The molecule has 0 amide bonds. The fourth-order valence-corrected chi connectivity index (χ4v) is 2.44. The van der Waals surface area contributed by atoms with Gasteiger partial charge in [0, 0.05) is 6.04 Å². The summed E-state index contributed by atoms with van der Waals surface area (Å²) in [7, 11) is 2.15. The molecular weight excluding hydrogens is 214 g/mol. The van der Waals surface area contributed by atoms with Crippen molar-refractivity contribution in [3.05, 3.63) is 0 Å². The Morgan fingerprint density at radius 2 is 1.76 bits per heavy atom. The maximum atomic E-state index is 11.0. The second-order valence-electron chi connectivity index (χ2n) is 6.07. The van der Waals surface area contributed by atoms with Gasteiger partial charge in [-0.2, -0.15) is 0 Å². The first-order chi connectivity index (χ1) is 7.93. The fourth-order valence-electron chi connectivity index (χ4n) is 2.44. The predicted octanol–water partition coefficient (Wildman–Crippen LogP) is 3.14. The van der Waals surface area contributed by atoms with Gasteiger partial charge in [-0.15, -0.1) is 0 Å². The quantitative estimate of drug-likeness (QED) is 0.752. The highest BCUT2D eigenvalue weighted by molar-refractivity contribution is 5.73. The standard InChI is InChI=1S/C14H27NO2/c1-14(2,13(16)17)10-11-15(3)12-8-6-4-5-7-9-12/h12H,4-11H2,1-3H3,(H,16,17). The van der Waals surface area contributed by atoms with E-state index >= 15 is 0 Å². The SMILES string of the molecule is CN(CCC(C)(C)C(=O)O)C1CCCCCC1. The summed E-state index contributed by atoms with van der Waals surface area (Å²) in [6.45, 7) is 4.52. The van der Waals surface area contributed by atoms with Gasteiger partial charge in [0.2, 0.25) is 0 Å². The van der Waals surface area contributed by atoms with Gasteiger partial charge in [0.15, 0.2) is 0 Å². The minimum Gasteiger partial charge on any atom is -0.481 e. The lowest BCUT2D eigenvalue weighted by Crippen LogP contribution is -2.36. The van der Waals surface area contributed by atoms with Crippen LogP contribution in [0, 0.1) is 5.41 Å². The highest BCUT2D eigenvalue weighted by Gasteiger charge is 2.28. The van der Waals surface area contributed by atoms with E-state index in [9.17, 15) is 4.79 Å². The number of carboxylic acids is 1. The molecule has 0 unspecified atom stereocenters. The monoisotopic (exact) mass is 241 g/mol. The molecule has 0 heterocycles. The van der Waals surface area contributed by atoms with Crippen LogP contribution in [0.2, 0.25) is 0 Å². The summed E-state index contributed by atoms with van der Waals surface area (Å²) < 4.78 is 0. The van der Waals surface area contributed by atoms with E-state index in [1.807, 2.05) is 13.8 Å². The van der Waals surface area contributed by atoms with Crippen LogP contribution in [-0.4, -0.2) is 35.6 Å². The molecule has 0 aromatic rings. The van der Waals surface area contributed by atoms with Crippen molar-refractivity contribution in [3.63, 3.8) is 0 Å². The van der Waals surface area contributed by atoms with Crippen LogP contribution in [0.25, 0.3) is 0 Å². The number of aliphatic carboxylic acids is 1. The van der Waals surface area contributed by atoms with Gasteiger partial charge >= 0.3 is 5.97 Å². The summed E-state index contributed by atoms with van der Waals surface area (Å²) in [6.07, 6.45) is 8.69. The zero-order valence-corrected chi connectivity index (χ0v) is 11.5.